The first-order valence-electron chi connectivity index (χ1n) is 7.97. The second kappa shape index (κ2) is 4.83. The fourth-order valence-electron chi connectivity index (χ4n) is 3.78. The molecule has 1 fully saturated rings. The van der Waals surface area contributed by atoms with E-state index in [0.29, 0.717) is 0 Å². The number of nitrogens with one attached hydrogen (secondary N) is 1. The average molecular weight is 279 g/mol. The highest BCUT2D eigenvalue weighted by molar-refractivity contribution is 5.50. The van der Waals surface area contributed by atoms with Crippen LogP contribution in [0.3, 0.4) is 0 Å². The fraction of sp³-hybridized carbons (Fsp3) is 0.444. The van der Waals surface area contributed by atoms with E-state index in [1.165, 1.54) is 42.5 Å². The van der Waals surface area contributed by atoms with E-state index < -0.39 is 0 Å². The number of anilines is 1. The van der Waals surface area contributed by atoms with Crippen LogP contribution in [0.1, 0.15) is 48.3 Å². The maximum atomic E-state index is 4.98. The van der Waals surface area contributed by atoms with Gasteiger partial charge in [-0.05, 0) is 37.7 Å². The van der Waals surface area contributed by atoms with Gasteiger partial charge >= 0.3 is 0 Å². The van der Waals surface area contributed by atoms with Gasteiger partial charge < -0.3 is 5.32 Å². The molecular weight excluding hydrogens is 258 g/mol. The maximum absolute atomic E-state index is 4.98. The monoisotopic (exact) mass is 279 g/mol. The highest BCUT2D eigenvalue weighted by Crippen LogP contribution is 2.48. The van der Waals surface area contributed by atoms with Crippen molar-refractivity contribution in [2.45, 2.75) is 43.9 Å². The van der Waals surface area contributed by atoms with Crippen LogP contribution in [0.4, 0.5) is 5.82 Å². The van der Waals surface area contributed by atoms with Crippen molar-refractivity contribution in [3.05, 3.63) is 53.0 Å². The van der Waals surface area contributed by atoms with Gasteiger partial charge in [-0.15, -0.1) is 0 Å². The molecule has 108 valence electrons. The van der Waals surface area contributed by atoms with Gasteiger partial charge in [0.15, 0.2) is 0 Å². The molecule has 1 saturated carbocycles. The smallest absolute Gasteiger partial charge is 0.141 e. The third kappa shape index (κ3) is 1.87. The van der Waals surface area contributed by atoms with E-state index in [0.717, 1.165) is 24.5 Å². The second-order valence-corrected chi connectivity index (χ2v) is 6.23. The first-order chi connectivity index (χ1) is 10.3. The molecule has 3 nitrogen and oxygen atoms in total. The Labute approximate surface area is 125 Å². The molecule has 2 aromatic rings. The summed E-state index contributed by atoms with van der Waals surface area (Å²) in [5.41, 5.74) is 4.02. The standard InChI is InChI=1S/C18H21N3/c1-19-16-14-9-5-10-15(14)20-17(21-16)18(11-6-12-18)13-7-3-2-4-8-13/h2-4,7-8H,5-6,9-12H2,1H3,(H,19,20,21). The van der Waals surface area contributed by atoms with Crippen molar-refractivity contribution in [1.82, 2.24) is 9.97 Å². The van der Waals surface area contributed by atoms with E-state index in [2.05, 4.69) is 35.6 Å². The average Bonchev–Trinajstić information content (AvgIpc) is 2.95. The Kier molecular flexibility index (Phi) is 2.95. The molecule has 0 unspecified atom stereocenters. The Bertz CT molecular complexity index is 660. The molecule has 2 aliphatic carbocycles. The minimum Gasteiger partial charge on any atom is -0.373 e. The SMILES string of the molecule is CNc1nc(C2(c3ccccc3)CCC2)nc2c1CCC2. The molecule has 1 aromatic heterocycles. The van der Waals surface area contributed by atoms with Gasteiger partial charge in [0.2, 0.25) is 0 Å². The third-order valence-corrected chi connectivity index (χ3v) is 5.13. The van der Waals surface area contributed by atoms with Gasteiger partial charge in [-0.2, -0.15) is 0 Å². The molecule has 0 saturated heterocycles. The zero-order valence-corrected chi connectivity index (χ0v) is 12.5. The van der Waals surface area contributed by atoms with Crippen molar-refractivity contribution in [3.63, 3.8) is 0 Å². The molecule has 2 aliphatic rings. The molecule has 0 spiro atoms. The lowest BCUT2D eigenvalue weighted by molar-refractivity contribution is 0.284. The van der Waals surface area contributed by atoms with Gasteiger partial charge in [0.25, 0.3) is 0 Å². The summed E-state index contributed by atoms with van der Waals surface area (Å²) in [6.07, 6.45) is 7.02. The van der Waals surface area contributed by atoms with Crippen molar-refractivity contribution < 1.29 is 0 Å². The Morgan fingerprint density at radius 3 is 2.48 bits per heavy atom. The Balaban J connectivity index is 1.85. The first kappa shape index (κ1) is 12.8. The summed E-state index contributed by atoms with van der Waals surface area (Å²) in [5, 5.41) is 3.29. The molecule has 21 heavy (non-hydrogen) atoms. The first-order valence-corrected chi connectivity index (χ1v) is 7.97. The van der Waals surface area contributed by atoms with E-state index in [1.807, 2.05) is 7.05 Å². The summed E-state index contributed by atoms with van der Waals surface area (Å²) in [4.78, 5) is 9.89. The fourth-order valence-corrected chi connectivity index (χ4v) is 3.78. The molecular formula is C18H21N3. The summed E-state index contributed by atoms with van der Waals surface area (Å²) in [5.74, 6) is 2.08. The van der Waals surface area contributed by atoms with Crippen molar-refractivity contribution in [1.29, 1.82) is 0 Å². The Hall–Kier alpha value is -1.90. The van der Waals surface area contributed by atoms with Crippen LogP contribution in [0, 0.1) is 0 Å². The number of fused-ring (bicyclic) bond motifs is 1. The molecule has 1 aromatic carbocycles. The van der Waals surface area contributed by atoms with Gasteiger partial charge in [0.05, 0.1) is 5.41 Å². The van der Waals surface area contributed by atoms with Crippen LogP contribution in [-0.2, 0) is 18.3 Å². The number of aromatic nitrogens is 2. The second-order valence-electron chi connectivity index (χ2n) is 6.23. The van der Waals surface area contributed by atoms with E-state index >= 15 is 0 Å². The zero-order chi connectivity index (χ0) is 14.3. The lowest BCUT2D eigenvalue weighted by Gasteiger charge is -2.41. The normalized spacial score (nSPS) is 18.9. The van der Waals surface area contributed by atoms with Crippen molar-refractivity contribution in [2.24, 2.45) is 0 Å². The Morgan fingerprint density at radius 1 is 1.00 bits per heavy atom. The highest BCUT2D eigenvalue weighted by atomic mass is 15.0. The zero-order valence-electron chi connectivity index (χ0n) is 12.5. The number of rotatable bonds is 3. The van der Waals surface area contributed by atoms with E-state index in [4.69, 9.17) is 9.97 Å². The molecule has 0 bridgehead atoms. The largest absolute Gasteiger partial charge is 0.373 e. The van der Waals surface area contributed by atoms with Crippen LogP contribution in [-0.4, -0.2) is 17.0 Å². The van der Waals surface area contributed by atoms with Gasteiger partial charge in [-0.3, -0.25) is 0 Å². The van der Waals surface area contributed by atoms with Crippen molar-refractivity contribution in [3.8, 4) is 0 Å². The third-order valence-electron chi connectivity index (χ3n) is 5.13. The predicted molar refractivity (Wildman–Crippen MR) is 84.7 cm³/mol. The van der Waals surface area contributed by atoms with Gasteiger partial charge in [-0.1, -0.05) is 36.8 Å². The summed E-state index contributed by atoms with van der Waals surface area (Å²) in [6, 6.07) is 10.8. The van der Waals surface area contributed by atoms with Crippen molar-refractivity contribution >= 4 is 5.82 Å². The van der Waals surface area contributed by atoms with Gasteiger partial charge in [0, 0.05) is 18.3 Å². The van der Waals surface area contributed by atoms with Gasteiger partial charge in [0.1, 0.15) is 11.6 Å². The van der Waals surface area contributed by atoms with Gasteiger partial charge in [-0.25, -0.2) is 9.97 Å². The lowest BCUT2D eigenvalue weighted by atomic mass is 9.64. The van der Waals surface area contributed by atoms with E-state index in [-0.39, 0.29) is 5.41 Å². The maximum Gasteiger partial charge on any atom is 0.141 e. The topological polar surface area (TPSA) is 37.8 Å². The molecule has 4 rings (SSSR count). The molecule has 1 N–H and O–H groups in total. The number of hydrogen-bond donors (Lipinski definition) is 1. The predicted octanol–water partition coefficient (Wildman–Crippen LogP) is 3.48. The molecule has 1 heterocycles. The molecule has 3 heteroatoms. The van der Waals surface area contributed by atoms with Crippen molar-refractivity contribution in [2.75, 3.05) is 12.4 Å². The summed E-state index contributed by atoms with van der Waals surface area (Å²) >= 11 is 0. The summed E-state index contributed by atoms with van der Waals surface area (Å²) < 4.78 is 0. The molecule has 0 atom stereocenters. The minimum absolute atomic E-state index is 0.0461. The van der Waals surface area contributed by atoms with Crippen LogP contribution >= 0.6 is 0 Å². The van der Waals surface area contributed by atoms with E-state index in [1.54, 1.807) is 0 Å². The lowest BCUT2D eigenvalue weighted by Crippen LogP contribution is -2.37. The van der Waals surface area contributed by atoms with E-state index in [9.17, 15) is 0 Å². The van der Waals surface area contributed by atoms with Crippen LogP contribution in [0.2, 0.25) is 0 Å². The molecule has 0 radical (unpaired) electrons. The minimum atomic E-state index is 0.0461. The van der Waals surface area contributed by atoms with Crippen LogP contribution in [0.15, 0.2) is 30.3 Å². The quantitative estimate of drug-likeness (QED) is 0.934. The number of benzene rings is 1. The van der Waals surface area contributed by atoms with Crippen LogP contribution < -0.4 is 5.32 Å². The number of hydrogen-bond acceptors (Lipinski definition) is 3. The van der Waals surface area contributed by atoms with Crippen LogP contribution in [0.5, 0.6) is 0 Å². The van der Waals surface area contributed by atoms with Crippen LogP contribution in [0.25, 0.3) is 0 Å². The number of nitrogens with zero attached hydrogens (tertiary/aromatic N) is 2. The highest BCUT2D eigenvalue weighted by Gasteiger charge is 2.43. The molecule has 0 amide bonds. The molecule has 0 aliphatic heterocycles. The summed E-state index contributed by atoms with van der Waals surface area (Å²) in [7, 11) is 1.97. The summed E-state index contributed by atoms with van der Waals surface area (Å²) in [6.45, 7) is 0. The number of aryl methyl sites for hydroxylation is 1. The Morgan fingerprint density at radius 2 is 1.81 bits per heavy atom.